The first-order chi connectivity index (χ1) is 25.7. The molecule has 3 aromatic carbocycles. The smallest absolute Gasteiger partial charge is 0.338 e. The standard InChI is InChI=1S/C42H51Cl2F2N3O6/c1-39(2,3)23-33-42(24-47,28-15-14-26(43)22-30(28)45)34(27-11-10-12-29(44)35(27)46)36(49-33)37(50)48-31-16-13-25(21-32(31)53-9)38(51)55-41(6,7)18-20-54-40(4,5)17-19-52-8/h10-16,21-22,33-34,36,49H,17-20,23H2,1-9H3,(H,48,50)/t33-,34-,36+,42-/m0/s1. The number of carbonyl (C=O) groups is 2. The molecule has 1 aliphatic rings. The molecule has 0 saturated carbocycles. The van der Waals surface area contributed by atoms with E-state index in [9.17, 15) is 14.9 Å². The molecule has 9 nitrogen and oxygen atoms in total. The van der Waals surface area contributed by atoms with E-state index < -0.39 is 63.5 Å². The van der Waals surface area contributed by atoms with Gasteiger partial charge in [0.1, 0.15) is 28.4 Å². The zero-order chi connectivity index (χ0) is 40.9. The molecule has 0 aromatic heterocycles. The summed E-state index contributed by atoms with van der Waals surface area (Å²) in [5.74, 6) is -3.98. The number of hydrogen-bond acceptors (Lipinski definition) is 8. The third kappa shape index (κ3) is 10.3. The highest BCUT2D eigenvalue weighted by Crippen LogP contribution is 2.53. The second-order valence-corrected chi connectivity index (χ2v) is 17.2. The quantitative estimate of drug-likeness (QED) is 0.146. The van der Waals surface area contributed by atoms with Crippen molar-refractivity contribution in [3.05, 3.63) is 93.0 Å². The molecule has 2 N–H and O–H groups in total. The number of nitrogens with one attached hydrogen (secondary N) is 2. The molecule has 0 spiro atoms. The van der Waals surface area contributed by atoms with Crippen LogP contribution in [0.3, 0.4) is 0 Å². The summed E-state index contributed by atoms with van der Waals surface area (Å²) in [6.45, 7) is 14.3. The monoisotopic (exact) mass is 801 g/mol. The van der Waals surface area contributed by atoms with E-state index in [4.69, 9.17) is 42.1 Å². The fraction of sp³-hybridized carbons (Fsp3) is 0.500. The van der Waals surface area contributed by atoms with Gasteiger partial charge in [-0.2, -0.15) is 5.26 Å². The maximum absolute atomic E-state index is 16.1. The molecule has 0 radical (unpaired) electrons. The van der Waals surface area contributed by atoms with Crippen molar-refractivity contribution >= 4 is 40.8 Å². The van der Waals surface area contributed by atoms with E-state index >= 15 is 8.78 Å². The molecular weight excluding hydrogens is 751 g/mol. The van der Waals surface area contributed by atoms with Crippen LogP contribution in [0.5, 0.6) is 5.75 Å². The third-order valence-corrected chi connectivity index (χ3v) is 10.4. The number of halogens is 4. The van der Waals surface area contributed by atoms with E-state index in [0.29, 0.717) is 32.5 Å². The summed E-state index contributed by atoms with van der Waals surface area (Å²) in [5, 5.41) is 17.2. The van der Waals surface area contributed by atoms with Gasteiger partial charge in [0.15, 0.2) is 0 Å². The minimum Gasteiger partial charge on any atom is -0.495 e. The molecule has 13 heteroatoms. The molecule has 4 rings (SSSR count). The Morgan fingerprint density at radius 3 is 2.25 bits per heavy atom. The molecular formula is C42H51Cl2F2N3O6. The van der Waals surface area contributed by atoms with Crippen LogP contribution in [-0.4, -0.2) is 62.6 Å². The largest absolute Gasteiger partial charge is 0.495 e. The van der Waals surface area contributed by atoms with Crippen LogP contribution in [-0.2, 0) is 24.4 Å². The van der Waals surface area contributed by atoms with Crippen molar-refractivity contribution in [3.8, 4) is 11.8 Å². The Kier molecular flexibility index (Phi) is 14.0. The predicted molar refractivity (Wildman–Crippen MR) is 210 cm³/mol. The number of ether oxygens (including phenoxy) is 4. The number of rotatable bonds is 15. The van der Waals surface area contributed by atoms with Crippen molar-refractivity contribution in [2.75, 3.05) is 32.8 Å². The number of esters is 1. The zero-order valence-electron chi connectivity index (χ0n) is 32.9. The highest BCUT2D eigenvalue weighted by Gasteiger charge is 2.61. The van der Waals surface area contributed by atoms with Crippen molar-refractivity contribution in [1.29, 1.82) is 5.26 Å². The summed E-state index contributed by atoms with van der Waals surface area (Å²) in [5.41, 5.74) is -3.19. The molecule has 0 bridgehead atoms. The van der Waals surface area contributed by atoms with Crippen molar-refractivity contribution in [1.82, 2.24) is 5.32 Å². The number of methoxy groups -OCH3 is 2. The topological polar surface area (TPSA) is 119 Å². The Labute approximate surface area is 333 Å². The first-order valence-corrected chi connectivity index (χ1v) is 18.9. The van der Waals surface area contributed by atoms with Crippen LogP contribution in [0.1, 0.15) is 95.1 Å². The number of benzene rings is 3. The average molecular weight is 803 g/mol. The fourth-order valence-electron chi connectivity index (χ4n) is 7.04. The van der Waals surface area contributed by atoms with E-state index in [-0.39, 0.29) is 38.2 Å². The van der Waals surface area contributed by atoms with Gasteiger partial charge in [-0.25, -0.2) is 13.6 Å². The SMILES string of the molecule is COCCC(C)(C)OCCC(C)(C)OC(=O)c1ccc(NC(=O)[C@@H]2N[C@@H](CC(C)(C)C)[C@](C#N)(c3ccc(Cl)cc3F)[C@H]2c2cccc(Cl)c2F)c(OC)c1. The van der Waals surface area contributed by atoms with E-state index in [1.54, 1.807) is 21.0 Å². The molecule has 298 valence electrons. The van der Waals surface area contributed by atoms with E-state index in [1.165, 1.54) is 55.6 Å². The van der Waals surface area contributed by atoms with Gasteiger partial charge in [0.05, 0.1) is 47.7 Å². The number of amides is 1. The van der Waals surface area contributed by atoms with Crippen LogP contribution in [0, 0.1) is 28.4 Å². The lowest BCUT2D eigenvalue weighted by Crippen LogP contribution is -2.45. The lowest BCUT2D eigenvalue weighted by Gasteiger charge is -2.37. The summed E-state index contributed by atoms with van der Waals surface area (Å²) >= 11 is 12.4. The van der Waals surface area contributed by atoms with E-state index in [1.807, 2.05) is 34.6 Å². The lowest BCUT2D eigenvalue weighted by molar-refractivity contribution is -0.118. The van der Waals surface area contributed by atoms with Crippen LogP contribution < -0.4 is 15.4 Å². The normalized spacial score (nSPS) is 20.2. The molecule has 1 fully saturated rings. The number of hydrogen-bond donors (Lipinski definition) is 2. The molecule has 55 heavy (non-hydrogen) atoms. The van der Waals surface area contributed by atoms with Gasteiger partial charge in [-0.1, -0.05) is 62.2 Å². The van der Waals surface area contributed by atoms with Crippen molar-refractivity contribution in [3.63, 3.8) is 0 Å². The second kappa shape index (κ2) is 17.6. The minimum atomic E-state index is -1.80. The van der Waals surface area contributed by atoms with E-state index in [0.717, 1.165) is 6.07 Å². The van der Waals surface area contributed by atoms with Crippen LogP contribution >= 0.6 is 23.2 Å². The van der Waals surface area contributed by atoms with Gasteiger partial charge in [0.2, 0.25) is 5.91 Å². The van der Waals surface area contributed by atoms with Gasteiger partial charge < -0.3 is 29.6 Å². The minimum absolute atomic E-state index is 0.0365. The fourth-order valence-corrected chi connectivity index (χ4v) is 7.38. The Balaban J connectivity index is 1.68. The molecule has 1 amide bonds. The highest BCUT2D eigenvalue weighted by atomic mass is 35.5. The Morgan fingerprint density at radius 1 is 0.945 bits per heavy atom. The van der Waals surface area contributed by atoms with Gasteiger partial charge in [0, 0.05) is 42.7 Å². The number of nitrogens with zero attached hydrogens (tertiary/aromatic N) is 1. The Bertz CT molecular complexity index is 1910. The second-order valence-electron chi connectivity index (χ2n) is 16.3. The molecule has 0 unspecified atom stereocenters. The summed E-state index contributed by atoms with van der Waals surface area (Å²) in [7, 11) is 3.02. The Morgan fingerprint density at radius 2 is 1.64 bits per heavy atom. The van der Waals surface area contributed by atoms with Gasteiger partial charge in [-0.15, -0.1) is 0 Å². The summed E-state index contributed by atoms with van der Waals surface area (Å²) in [6.07, 6.45) is 1.45. The average Bonchev–Trinajstić information content (AvgIpc) is 3.41. The predicted octanol–water partition coefficient (Wildman–Crippen LogP) is 9.40. The molecule has 0 aliphatic carbocycles. The maximum Gasteiger partial charge on any atom is 0.338 e. The van der Waals surface area contributed by atoms with Crippen LogP contribution in [0.2, 0.25) is 10.0 Å². The van der Waals surface area contributed by atoms with Crippen molar-refractivity contribution < 1.29 is 37.3 Å². The first-order valence-electron chi connectivity index (χ1n) is 18.1. The third-order valence-electron chi connectivity index (χ3n) is 9.90. The summed E-state index contributed by atoms with van der Waals surface area (Å²) in [4.78, 5) is 27.8. The molecule has 4 atom stereocenters. The molecule has 1 saturated heterocycles. The zero-order valence-corrected chi connectivity index (χ0v) is 34.4. The summed E-state index contributed by atoms with van der Waals surface area (Å²) in [6, 6.07) is 13.0. The van der Waals surface area contributed by atoms with Crippen molar-refractivity contribution in [2.45, 2.75) is 102 Å². The Hall–Kier alpha value is -3.79. The van der Waals surface area contributed by atoms with Gasteiger partial charge in [0.25, 0.3) is 0 Å². The first kappa shape index (κ1) is 43.9. The molecule has 3 aromatic rings. The number of anilines is 1. The van der Waals surface area contributed by atoms with E-state index in [2.05, 4.69) is 16.7 Å². The van der Waals surface area contributed by atoms with Crippen LogP contribution in [0.15, 0.2) is 54.6 Å². The molecule has 1 heterocycles. The maximum atomic E-state index is 16.1. The van der Waals surface area contributed by atoms with Crippen LogP contribution in [0.4, 0.5) is 14.5 Å². The number of nitriles is 1. The number of carbonyl (C=O) groups excluding carboxylic acids is 2. The van der Waals surface area contributed by atoms with Gasteiger partial charge >= 0.3 is 5.97 Å². The van der Waals surface area contributed by atoms with Crippen LogP contribution in [0.25, 0.3) is 0 Å². The lowest BCUT2D eigenvalue weighted by atomic mass is 9.62. The van der Waals surface area contributed by atoms with Gasteiger partial charge in [-0.3, -0.25) is 4.79 Å². The summed E-state index contributed by atoms with van der Waals surface area (Å²) < 4.78 is 54.7. The highest BCUT2D eigenvalue weighted by molar-refractivity contribution is 6.31. The van der Waals surface area contributed by atoms with Gasteiger partial charge in [-0.05, 0) is 87.9 Å². The van der Waals surface area contributed by atoms with Crippen molar-refractivity contribution in [2.24, 2.45) is 5.41 Å². The molecule has 1 aliphatic heterocycles.